The third kappa shape index (κ3) is 3.29. The molecule has 6 heteroatoms. The summed E-state index contributed by atoms with van der Waals surface area (Å²) in [5.74, 6) is 0.00841. The molecule has 0 fully saturated rings. The first-order valence-electron chi connectivity index (χ1n) is 9.58. The third-order valence-electron chi connectivity index (χ3n) is 5.04. The van der Waals surface area contributed by atoms with Crippen LogP contribution in [0.25, 0.3) is 21.8 Å². The predicted molar refractivity (Wildman–Crippen MR) is 117 cm³/mol. The molecular weight excluding hydrogens is 368 g/mol. The van der Waals surface area contributed by atoms with Gasteiger partial charge in [-0.3, -0.25) is 4.79 Å². The number of para-hydroxylation sites is 1. The topological polar surface area (TPSA) is 51.9 Å². The van der Waals surface area contributed by atoms with E-state index >= 15 is 0 Å². The number of hydrogen-bond donors (Lipinski definition) is 1. The number of nitrogens with zero attached hydrogens (tertiary/aromatic N) is 3. The van der Waals surface area contributed by atoms with Crippen molar-refractivity contribution < 1.29 is 4.79 Å². The number of nitrogens with one attached hydrogen (secondary N) is 1. The summed E-state index contributed by atoms with van der Waals surface area (Å²) < 4.78 is 4.24. The summed E-state index contributed by atoms with van der Waals surface area (Å²) in [7, 11) is 1.94. The molecule has 5 nitrogen and oxygen atoms in total. The van der Waals surface area contributed by atoms with E-state index in [0.29, 0.717) is 0 Å². The van der Waals surface area contributed by atoms with Crippen molar-refractivity contribution in [2.45, 2.75) is 37.2 Å². The summed E-state index contributed by atoms with van der Waals surface area (Å²) in [4.78, 5) is 17.2. The number of carbonyl (C=O) groups excluding carboxylic acids is 1. The van der Waals surface area contributed by atoms with Crippen LogP contribution in [0.1, 0.15) is 20.3 Å². The minimum absolute atomic E-state index is 0.00841. The molecule has 0 aliphatic carbocycles. The first-order chi connectivity index (χ1) is 13.6. The quantitative estimate of drug-likeness (QED) is 0.467. The van der Waals surface area contributed by atoms with Crippen LogP contribution in [0.3, 0.4) is 0 Å². The van der Waals surface area contributed by atoms with Crippen LogP contribution >= 0.6 is 11.8 Å². The number of aryl methyl sites for hydroxylation is 2. The molecule has 4 aromatic rings. The fraction of sp³-hybridized carbons (Fsp3) is 0.273. The molecule has 1 unspecified atom stereocenters. The van der Waals surface area contributed by atoms with Crippen molar-refractivity contribution in [2.24, 2.45) is 7.05 Å². The number of aromatic nitrogens is 3. The van der Waals surface area contributed by atoms with Gasteiger partial charge in [-0.2, -0.15) is 0 Å². The van der Waals surface area contributed by atoms with Gasteiger partial charge in [0, 0.05) is 53.5 Å². The molecule has 0 saturated carbocycles. The SMILES string of the molecule is CCC(Sc1nccn1C)C(=O)Nc1ccc2c(c1)c1ccccc1n2CC. The van der Waals surface area contributed by atoms with Gasteiger partial charge < -0.3 is 14.5 Å². The molecule has 2 aromatic carbocycles. The van der Waals surface area contributed by atoms with Gasteiger partial charge in [0.15, 0.2) is 5.16 Å². The Hall–Kier alpha value is -2.73. The van der Waals surface area contributed by atoms with Crippen LogP contribution in [-0.4, -0.2) is 25.3 Å². The van der Waals surface area contributed by atoms with Gasteiger partial charge in [-0.1, -0.05) is 36.9 Å². The lowest BCUT2D eigenvalue weighted by Crippen LogP contribution is -2.24. The van der Waals surface area contributed by atoms with Crippen molar-refractivity contribution in [1.29, 1.82) is 0 Å². The summed E-state index contributed by atoms with van der Waals surface area (Å²) in [6, 6.07) is 14.6. The number of imidazole rings is 1. The molecule has 28 heavy (non-hydrogen) atoms. The Bertz CT molecular complexity index is 1140. The highest BCUT2D eigenvalue weighted by Gasteiger charge is 2.20. The maximum absolute atomic E-state index is 12.9. The molecule has 144 valence electrons. The number of hydrogen-bond acceptors (Lipinski definition) is 3. The number of carbonyl (C=O) groups is 1. The van der Waals surface area contributed by atoms with Crippen LogP contribution in [0.5, 0.6) is 0 Å². The summed E-state index contributed by atoms with van der Waals surface area (Å²) in [6.07, 6.45) is 4.38. The van der Waals surface area contributed by atoms with Gasteiger partial charge in [-0.05, 0) is 37.6 Å². The molecule has 0 saturated heterocycles. The van der Waals surface area contributed by atoms with Crippen LogP contribution < -0.4 is 5.32 Å². The van der Waals surface area contributed by atoms with Crippen molar-refractivity contribution in [3.8, 4) is 0 Å². The Kier molecular flexibility index (Phi) is 5.13. The van der Waals surface area contributed by atoms with Crippen LogP contribution in [0.4, 0.5) is 5.69 Å². The molecule has 1 atom stereocenters. The van der Waals surface area contributed by atoms with Crippen LogP contribution in [0.15, 0.2) is 60.0 Å². The average molecular weight is 393 g/mol. The second kappa shape index (κ2) is 7.72. The zero-order valence-corrected chi connectivity index (χ0v) is 17.2. The average Bonchev–Trinajstić information content (AvgIpc) is 3.26. The molecule has 2 heterocycles. The summed E-state index contributed by atoms with van der Waals surface area (Å²) in [5.41, 5.74) is 3.24. The van der Waals surface area contributed by atoms with E-state index in [1.807, 2.05) is 30.8 Å². The molecular formula is C22H24N4OS. The molecule has 1 N–H and O–H groups in total. The van der Waals surface area contributed by atoms with Gasteiger partial charge in [0.05, 0.1) is 5.25 Å². The third-order valence-corrected chi connectivity index (χ3v) is 6.48. The van der Waals surface area contributed by atoms with E-state index in [1.165, 1.54) is 33.6 Å². The Morgan fingerprint density at radius 1 is 1.14 bits per heavy atom. The number of thioether (sulfide) groups is 1. The van der Waals surface area contributed by atoms with Gasteiger partial charge in [-0.15, -0.1) is 0 Å². The van der Waals surface area contributed by atoms with Gasteiger partial charge in [0.2, 0.25) is 5.91 Å². The van der Waals surface area contributed by atoms with Crippen molar-refractivity contribution >= 4 is 45.2 Å². The van der Waals surface area contributed by atoms with Gasteiger partial charge >= 0.3 is 0 Å². The minimum atomic E-state index is -0.186. The van der Waals surface area contributed by atoms with Crippen molar-refractivity contribution in [3.05, 3.63) is 54.9 Å². The van der Waals surface area contributed by atoms with Crippen molar-refractivity contribution in [1.82, 2.24) is 14.1 Å². The molecule has 0 aliphatic rings. The predicted octanol–water partition coefficient (Wildman–Crippen LogP) is 5.06. The molecule has 0 bridgehead atoms. The van der Waals surface area contributed by atoms with Gasteiger partial charge in [-0.25, -0.2) is 4.98 Å². The van der Waals surface area contributed by atoms with Crippen molar-refractivity contribution in [2.75, 3.05) is 5.32 Å². The number of rotatable bonds is 6. The number of fused-ring (bicyclic) bond motifs is 3. The van der Waals surface area contributed by atoms with E-state index in [0.717, 1.165) is 23.8 Å². The van der Waals surface area contributed by atoms with E-state index in [9.17, 15) is 4.79 Å². The maximum Gasteiger partial charge on any atom is 0.237 e. The number of benzene rings is 2. The minimum Gasteiger partial charge on any atom is -0.341 e. The first kappa shape index (κ1) is 18.6. The molecule has 0 radical (unpaired) electrons. The molecule has 0 aliphatic heterocycles. The Labute approximate surface area is 168 Å². The molecule has 2 aromatic heterocycles. The lowest BCUT2D eigenvalue weighted by atomic mass is 10.1. The highest BCUT2D eigenvalue weighted by molar-refractivity contribution is 8.00. The summed E-state index contributed by atoms with van der Waals surface area (Å²) >= 11 is 1.50. The lowest BCUT2D eigenvalue weighted by molar-refractivity contribution is -0.115. The second-order valence-electron chi connectivity index (χ2n) is 6.82. The smallest absolute Gasteiger partial charge is 0.237 e. The molecule has 0 spiro atoms. The molecule has 1 amide bonds. The Morgan fingerprint density at radius 2 is 1.93 bits per heavy atom. The zero-order valence-electron chi connectivity index (χ0n) is 16.3. The normalized spacial score (nSPS) is 12.5. The highest BCUT2D eigenvalue weighted by Crippen LogP contribution is 2.31. The fourth-order valence-corrected chi connectivity index (χ4v) is 4.55. The van der Waals surface area contributed by atoms with E-state index in [1.54, 1.807) is 6.20 Å². The molecule has 4 rings (SSSR count). The fourth-order valence-electron chi connectivity index (χ4n) is 3.61. The summed E-state index contributed by atoms with van der Waals surface area (Å²) in [5, 5.41) is 6.15. The zero-order chi connectivity index (χ0) is 19.7. The van der Waals surface area contributed by atoms with Crippen LogP contribution in [0.2, 0.25) is 0 Å². The van der Waals surface area contributed by atoms with Crippen LogP contribution in [0, 0.1) is 0 Å². The standard InChI is InChI=1S/C22H24N4OS/c1-4-20(28-22-23-12-13-25(22)3)21(27)24-15-10-11-19-17(14-15)16-8-6-7-9-18(16)26(19)5-2/h6-14,20H,4-5H2,1-3H3,(H,24,27). The lowest BCUT2D eigenvalue weighted by Gasteiger charge is -2.14. The van der Waals surface area contributed by atoms with Gasteiger partial charge in [0.1, 0.15) is 0 Å². The van der Waals surface area contributed by atoms with E-state index in [2.05, 4.69) is 58.2 Å². The highest BCUT2D eigenvalue weighted by atomic mass is 32.2. The van der Waals surface area contributed by atoms with Gasteiger partial charge in [0.25, 0.3) is 0 Å². The van der Waals surface area contributed by atoms with E-state index < -0.39 is 0 Å². The number of amides is 1. The number of anilines is 1. The second-order valence-corrected chi connectivity index (χ2v) is 7.99. The Morgan fingerprint density at radius 3 is 2.64 bits per heavy atom. The summed E-state index contributed by atoms with van der Waals surface area (Å²) in [6.45, 7) is 5.09. The van der Waals surface area contributed by atoms with Crippen LogP contribution in [-0.2, 0) is 18.4 Å². The monoisotopic (exact) mass is 392 g/mol. The largest absolute Gasteiger partial charge is 0.341 e. The Balaban J connectivity index is 1.63. The maximum atomic E-state index is 12.9. The van der Waals surface area contributed by atoms with Crippen molar-refractivity contribution in [3.63, 3.8) is 0 Å². The first-order valence-corrected chi connectivity index (χ1v) is 10.5. The van der Waals surface area contributed by atoms with E-state index in [-0.39, 0.29) is 11.2 Å². The van der Waals surface area contributed by atoms with E-state index in [4.69, 9.17) is 0 Å².